The van der Waals surface area contributed by atoms with Crippen LogP contribution in [-0.4, -0.2) is 113 Å². The van der Waals surface area contributed by atoms with E-state index in [4.69, 9.17) is 24.4 Å². The number of carbonyl (C=O) groups excluding carboxylic acids is 3. The van der Waals surface area contributed by atoms with Crippen LogP contribution >= 0.6 is 0 Å². The van der Waals surface area contributed by atoms with Gasteiger partial charge in [-0.2, -0.15) is 10.2 Å². The number of H-pyrrole nitrogens is 2. The maximum atomic E-state index is 11.1. The summed E-state index contributed by atoms with van der Waals surface area (Å²) in [5.74, 6) is 1.68. The summed E-state index contributed by atoms with van der Waals surface area (Å²) in [4.78, 5) is 53.8. The summed E-state index contributed by atoms with van der Waals surface area (Å²) in [6.07, 6.45) is 3.64. The number of hydrogen-bond acceptors (Lipinski definition) is 12. The van der Waals surface area contributed by atoms with Crippen molar-refractivity contribution < 1.29 is 57.9 Å². The molecule has 6 aliphatic rings. The SMILES string of the molecule is CCOC(=O)C(=O)OCC.CCOCC1[C@H]2C(=O)CC[C@@H]12.CCOC[C@@H]1[C@@H]2Cc3c(C(=O)O)n[nH]c3[C@H]12.CCOC[C@H]1[C@@H]2Cc3c(C(=O)O)n[nH]c3[C@H]12. The number of rotatable bonds is 13. The molecule has 0 amide bonds. The van der Waals surface area contributed by atoms with Crippen molar-refractivity contribution in [1.82, 2.24) is 20.4 Å². The Morgan fingerprint density at radius 1 is 0.623 bits per heavy atom. The summed E-state index contributed by atoms with van der Waals surface area (Å²) in [6.45, 7) is 14.3. The van der Waals surface area contributed by atoms with Crippen LogP contribution in [0.1, 0.15) is 103 Å². The number of carboxylic acid groups (broad SMARTS) is 2. The van der Waals surface area contributed by atoms with Crippen molar-refractivity contribution in [3.63, 3.8) is 0 Å². The molecule has 6 aliphatic carbocycles. The van der Waals surface area contributed by atoms with Gasteiger partial charge in [0.1, 0.15) is 5.78 Å². The van der Waals surface area contributed by atoms with Crippen LogP contribution < -0.4 is 0 Å². The van der Waals surface area contributed by atoms with E-state index in [0.29, 0.717) is 59.0 Å². The molecule has 0 radical (unpaired) electrons. The molecule has 0 aliphatic heterocycles. The predicted molar refractivity (Wildman–Crippen MR) is 185 cm³/mol. The third-order valence-electron chi connectivity index (χ3n) is 11.1. The van der Waals surface area contributed by atoms with Crippen LogP contribution in [0.3, 0.4) is 0 Å². The molecule has 0 spiro atoms. The zero-order valence-electron chi connectivity index (χ0n) is 31.1. The van der Waals surface area contributed by atoms with Crippen molar-refractivity contribution in [3.05, 3.63) is 33.9 Å². The van der Waals surface area contributed by atoms with Gasteiger partial charge >= 0.3 is 23.9 Å². The normalized spacial score (nSPS) is 28.2. The van der Waals surface area contributed by atoms with Gasteiger partial charge in [-0.25, -0.2) is 19.2 Å². The second-order valence-corrected chi connectivity index (χ2v) is 13.9. The number of aromatic carboxylic acids is 2. The molecule has 1 unspecified atom stereocenters. The van der Waals surface area contributed by atoms with Crippen LogP contribution in [0.2, 0.25) is 0 Å². The van der Waals surface area contributed by atoms with Crippen molar-refractivity contribution in [2.24, 2.45) is 41.4 Å². The van der Waals surface area contributed by atoms with Gasteiger partial charge in [-0.05, 0) is 89.4 Å². The van der Waals surface area contributed by atoms with Gasteiger partial charge in [-0.1, -0.05) is 0 Å². The number of carboxylic acids is 2. The highest BCUT2D eigenvalue weighted by atomic mass is 16.6. The number of fused-ring (bicyclic) bond motifs is 7. The molecule has 4 N–H and O–H groups in total. The number of ketones is 1. The third kappa shape index (κ3) is 8.81. The standard InChI is InChI=1S/2C11H14N2O3.C9H14O2.C6H10O4/c2*1-2-16-4-7-5-3-6-9(8(5)7)12-13-10(6)11(14)15;1-2-11-5-7-6-3-4-8(10)9(6)7;1-3-9-5(7)6(8)10-4-2/h2*5,7-8H,2-4H2,1H3,(H,12,13)(H,14,15);6-7,9H,2-5H2,1H3;3-4H2,1-2H3/t5-,7+,8-;5-,7-,8-;6-,7?,9-;/m000./s1. The minimum Gasteiger partial charge on any atom is -0.476 e. The van der Waals surface area contributed by atoms with Crippen LogP contribution in [0.4, 0.5) is 0 Å². The topological polar surface area (TPSA) is 229 Å². The first kappa shape index (κ1) is 40.0. The molecule has 2 aromatic heterocycles. The van der Waals surface area contributed by atoms with E-state index >= 15 is 0 Å². The van der Waals surface area contributed by atoms with Gasteiger partial charge in [-0.3, -0.25) is 15.0 Å². The van der Waals surface area contributed by atoms with Crippen molar-refractivity contribution >= 4 is 29.7 Å². The number of carbonyl (C=O) groups is 5. The zero-order valence-corrected chi connectivity index (χ0v) is 31.1. The summed E-state index contributed by atoms with van der Waals surface area (Å²) < 4.78 is 24.8. The molecular weight excluding hydrogens is 692 g/mol. The minimum atomic E-state index is -0.930. The largest absolute Gasteiger partial charge is 0.476 e. The van der Waals surface area contributed by atoms with Gasteiger partial charge in [0.05, 0.1) is 33.0 Å². The molecule has 4 fully saturated rings. The maximum absolute atomic E-state index is 11.1. The summed E-state index contributed by atoms with van der Waals surface area (Å²) in [7, 11) is 0. The fourth-order valence-corrected chi connectivity index (χ4v) is 8.47. The summed E-state index contributed by atoms with van der Waals surface area (Å²) in [5, 5.41) is 31.4. The predicted octanol–water partition coefficient (Wildman–Crippen LogP) is 3.42. The van der Waals surface area contributed by atoms with Gasteiger partial charge in [0.15, 0.2) is 11.4 Å². The van der Waals surface area contributed by atoms with Gasteiger partial charge in [-0.15, -0.1) is 0 Å². The molecule has 4 saturated carbocycles. The van der Waals surface area contributed by atoms with Crippen molar-refractivity contribution in [2.45, 2.75) is 72.1 Å². The first-order valence-corrected chi connectivity index (χ1v) is 18.7. The average molecular weight is 745 g/mol. The van der Waals surface area contributed by atoms with Gasteiger partial charge < -0.3 is 33.9 Å². The van der Waals surface area contributed by atoms with Crippen LogP contribution in [0.5, 0.6) is 0 Å². The molecule has 292 valence electrons. The quantitative estimate of drug-likeness (QED) is 0.170. The van der Waals surface area contributed by atoms with Crippen molar-refractivity contribution in [1.29, 1.82) is 0 Å². The van der Waals surface area contributed by atoms with Crippen LogP contribution in [-0.2, 0) is 50.9 Å². The Hall–Kier alpha value is -4.15. The lowest BCUT2D eigenvalue weighted by Crippen LogP contribution is -2.19. The second-order valence-electron chi connectivity index (χ2n) is 13.9. The Kier molecular flexibility index (Phi) is 13.4. The van der Waals surface area contributed by atoms with Crippen LogP contribution in [0, 0.1) is 41.4 Å². The van der Waals surface area contributed by atoms with Crippen LogP contribution in [0.15, 0.2) is 0 Å². The number of esters is 2. The minimum absolute atomic E-state index is 0.192. The van der Waals surface area contributed by atoms with Gasteiger partial charge in [0.2, 0.25) is 0 Å². The molecular formula is C37H52N4O12. The third-order valence-corrected chi connectivity index (χ3v) is 11.1. The highest BCUT2D eigenvalue weighted by Crippen LogP contribution is 2.62. The first-order chi connectivity index (χ1) is 25.5. The van der Waals surface area contributed by atoms with E-state index in [-0.39, 0.29) is 24.6 Å². The van der Waals surface area contributed by atoms with Crippen molar-refractivity contribution in [2.75, 3.05) is 52.9 Å². The lowest BCUT2D eigenvalue weighted by Gasteiger charge is -2.03. The smallest absolute Gasteiger partial charge is 0.417 e. The van der Waals surface area contributed by atoms with Gasteiger partial charge in [0.25, 0.3) is 0 Å². The average Bonchev–Trinajstić information content (AvgIpc) is 3.82. The summed E-state index contributed by atoms with van der Waals surface area (Å²) in [5.41, 5.74) is 4.31. The molecule has 53 heavy (non-hydrogen) atoms. The molecule has 0 saturated heterocycles. The van der Waals surface area contributed by atoms with E-state index < -0.39 is 23.9 Å². The Balaban J connectivity index is 0.000000139. The monoisotopic (exact) mass is 744 g/mol. The van der Waals surface area contributed by atoms with Crippen molar-refractivity contribution in [3.8, 4) is 0 Å². The maximum Gasteiger partial charge on any atom is 0.417 e. The Morgan fingerprint density at radius 3 is 1.34 bits per heavy atom. The first-order valence-electron chi connectivity index (χ1n) is 18.7. The fourth-order valence-electron chi connectivity index (χ4n) is 8.47. The number of nitrogens with one attached hydrogen (secondary N) is 2. The zero-order chi connectivity index (χ0) is 38.4. The molecule has 16 nitrogen and oxygen atoms in total. The highest BCUT2D eigenvalue weighted by Gasteiger charge is 2.59. The number of ether oxygens (including phenoxy) is 5. The van der Waals surface area contributed by atoms with E-state index in [9.17, 15) is 24.0 Å². The Morgan fingerprint density at radius 2 is 1.02 bits per heavy atom. The Labute approximate surface area is 308 Å². The molecule has 0 bridgehead atoms. The number of aromatic amines is 2. The molecule has 2 heterocycles. The molecule has 16 heteroatoms. The van der Waals surface area contributed by atoms with Crippen LogP contribution in [0.25, 0.3) is 0 Å². The van der Waals surface area contributed by atoms with E-state index in [1.54, 1.807) is 13.8 Å². The highest BCUT2D eigenvalue weighted by molar-refractivity contribution is 6.29. The molecule has 0 aromatic carbocycles. The number of hydrogen-bond donors (Lipinski definition) is 4. The second kappa shape index (κ2) is 17.8. The molecule has 9 atom stereocenters. The fraction of sp³-hybridized carbons (Fsp3) is 0.703. The number of aromatic nitrogens is 4. The van der Waals surface area contributed by atoms with Gasteiger partial charge in [0, 0.05) is 66.5 Å². The van der Waals surface area contributed by atoms with E-state index in [2.05, 4.69) is 29.9 Å². The molecule has 2 aromatic rings. The summed E-state index contributed by atoms with van der Waals surface area (Å²) >= 11 is 0. The lowest BCUT2D eigenvalue weighted by atomic mass is 10.1. The van der Waals surface area contributed by atoms with E-state index in [1.165, 1.54) is 0 Å². The molecule has 8 rings (SSSR count). The summed E-state index contributed by atoms with van der Waals surface area (Å²) in [6, 6.07) is 0. The number of Topliss-reactive ketones (excluding diaryl/α,β-unsaturated/α-hetero) is 1. The van der Waals surface area contributed by atoms with E-state index in [1.807, 2.05) is 20.8 Å². The number of nitrogens with zero attached hydrogens (tertiary/aromatic N) is 2. The Bertz CT molecular complexity index is 1540. The van der Waals surface area contributed by atoms with E-state index in [0.717, 1.165) is 87.8 Å². The lowest BCUT2D eigenvalue weighted by molar-refractivity contribution is -0.167.